The van der Waals surface area contributed by atoms with Gasteiger partial charge >= 0.3 is 0 Å². The van der Waals surface area contributed by atoms with Crippen LogP contribution in [0.15, 0.2) is 12.4 Å². The number of nitrogens with one attached hydrogen (secondary N) is 2. The van der Waals surface area contributed by atoms with E-state index in [9.17, 15) is 9.59 Å². The first-order chi connectivity index (χ1) is 8.40. The molecule has 0 aliphatic carbocycles. The van der Waals surface area contributed by atoms with Gasteiger partial charge in [-0.3, -0.25) is 14.3 Å². The zero-order valence-electron chi connectivity index (χ0n) is 11.2. The summed E-state index contributed by atoms with van der Waals surface area (Å²) in [4.78, 5) is 23.0. The van der Waals surface area contributed by atoms with Crippen LogP contribution in [0.1, 0.15) is 13.8 Å². The van der Waals surface area contributed by atoms with E-state index in [1.54, 1.807) is 17.9 Å². The van der Waals surface area contributed by atoms with Gasteiger partial charge in [0.1, 0.15) is 0 Å². The number of hydrogen-bond donors (Lipinski definition) is 3. The molecule has 0 aromatic carbocycles. The minimum Gasteiger partial charge on any atom is -0.346 e. The maximum Gasteiger partial charge on any atom is 0.243 e. The molecule has 1 aromatic heterocycles. The van der Waals surface area contributed by atoms with E-state index in [1.165, 1.54) is 6.20 Å². The predicted octanol–water partition coefficient (Wildman–Crippen LogP) is -0.120. The molecule has 0 spiro atoms. The van der Waals surface area contributed by atoms with E-state index < -0.39 is 6.04 Å². The van der Waals surface area contributed by atoms with Crippen molar-refractivity contribution >= 4 is 29.9 Å². The van der Waals surface area contributed by atoms with Gasteiger partial charge in [0.2, 0.25) is 11.8 Å². The highest BCUT2D eigenvalue weighted by atomic mass is 35.5. The van der Waals surface area contributed by atoms with Crippen molar-refractivity contribution in [2.45, 2.75) is 19.9 Å². The number of nitrogens with zero attached hydrogens (tertiary/aromatic N) is 2. The Hall–Kier alpha value is -1.60. The molecule has 0 unspecified atom stereocenters. The van der Waals surface area contributed by atoms with Crippen molar-refractivity contribution in [2.75, 3.05) is 11.9 Å². The van der Waals surface area contributed by atoms with E-state index in [0.29, 0.717) is 5.69 Å². The van der Waals surface area contributed by atoms with Crippen molar-refractivity contribution in [1.82, 2.24) is 15.1 Å². The lowest BCUT2D eigenvalue weighted by Gasteiger charge is -2.14. The number of anilines is 1. The van der Waals surface area contributed by atoms with Crippen molar-refractivity contribution in [2.24, 2.45) is 18.7 Å². The predicted molar refractivity (Wildman–Crippen MR) is 74.9 cm³/mol. The molecule has 0 bridgehead atoms. The largest absolute Gasteiger partial charge is 0.346 e. The van der Waals surface area contributed by atoms with Crippen molar-refractivity contribution < 1.29 is 9.59 Å². The van der Waals surface area contributed by atoms with Crippen LogP contribution >= 0.6 is 12.4 Å². The van der Waals surface area contributed by atoms with Gasteiger partial charge in [0.05, 0.1) is 24.5 Å². The number of rotatable bonds is 5. The third-order valence-electron chi connectivity index (χ3n) is 2.43. The Bertz CT molecular complexity index is 432. The molecule has 19 heavy (non-hydrogen) atoms. The van der Waals surface area contributed by atoms with Gasteiger partial charge in [-0.2, -0.15) is 5.10 Å². The Morgan fingerprint density at radius 3 is 2.58 bits per heavy atom. The topological polar surface area (TPSA) is 102 Å². The molecule has 0 aliphatic rings. The second-order valence-electron chi connectivity index (χ2n) is 4.44. The SMILES string of the molecule is CC(C)[C@H](N)C(=O)NCC(=O)Nc1cnn(C)c1.Cl. The lowest BCUT2D eigenvalue weighted by Crippen LogP contribution is -2.46. The second kappa shape index (κ2) is 7.75. The Morgan fingerprint density at radius 2 is 2.11 bits per heavy atom. The summed E-state index contributed by atoms with van der Waals surface area (Å²) in [7, 11) is 1.75. The van der Waals surface area contributed by atoms with Gasteiger partial charge in [0, 0.05) is 13.2 Å². The summed E-state index contributed by atoms with van der Waals surface area (Å²) < 4.78 is 1.57. The third-order valence-corrected chi connectivity index (χ3v) is 2.43. The molecular weight excluding hydrogens is 270 g/mol. The number of hydrogen-bond acceptors (Lipinski definition) is 4. The molecule has 8 heteroatoms. The van der Waals surface area contributed by atoms with Crippen LogP contribution in [-0.4, -0.2) is 34.2 Å². The van der Waals surface area contributed by atoms with E-state index in [4.69, 9.17) is 5.73 Å². The molecule has 1 heterocycles. The van der Waals surface area contributed by atoms with Gasteiger partial charge < -0.3 is 16.4 Å². The summed E-state index contributed by atoms with van der Waals surface area (Å²) in [6.07, 6.45) is 3.19. The summed E-state index contributed by atoms with van der Waals surface area (Å²) in [5.74, 6) is -0.606. The molecule has 108 valence electrons. The second-order valence-corrected chi connectivity index (χ2v) is 4.44. The molecular formula is C11H20ClN5O2. The quantitative estimate of drug-likeness (QED) is 0.703. The molecule has 1 aromatic rings. The molecule has 0 saturated carbocycles. The number of amides is 2. The Labute approximate surface area is 118 Å². The zero-order valence-corrected chi connectivity index (χ0v) is 12.0. The van der Waals surface area contributed by atoms with E-state index in [0.717, 1.165) is 0 Å². The molecule has 7 nitrogen and oxygen atoms in total. The third kappa shape index (κ3) is 5.71. The average Bonchev–Trinajstić information content (AvgIpc) is 2.70. The molecule has 1 atom stereocenters. The number of nitrogens with two attached hydrogens (primary N) is 1. The van der Waals surface area contributed by atoms with Crippen LogP contribution in [0, 0.1) is 5.92 Å². The molecule has 1 rings (SSSR count). The minimum absolute atomic E-state index is 0. The van der Waals surface area contributed by atoms with E-state index in [1.807, 2.05) is 13.8 Å². The molecule has 2 amide bonds. The minimum atomic E-state index is -0.601. The van der Waals surface area contributed by atoms with Gasteiger partial charge in [-0.25, -0.2) is 0 Å². The fourth-order valence-corrected chi connectivity index (χ4v) is 1.28. The van der Waals surface area contributed by atoms with Crippen LogP contribution < -0.4 is 16.4 Å². The number of carbonyl (C=O) groups is 2. The van der Waals surface area contributed by atoms with E-state index >= 15 is 0 Å². The van der Waals surface area contributed by atoms with Gasteiger partial charge in [-0.05, 0) is 5.92 Å². The van der Waals surface area contributed by atoms with Crippen LogP contribution in [0.3, 0.4) is 0 Å². The molecule has 0 saturated heterocycles. The van der Waals surface area contributed by atoms with Gasteiger partial charge in [-0.1, -0.05) is 13.8 Å². The van der Waals surface area contributed by atoms with Crippen LogP contribution in [0.25, 0.3) is 0 Å². The summed E-state index contributed by atoms with van der Waals surface area (Å²) in [5.41, 5.74) is 6.23. The Balaban J connectivity index is 0.00000324. The fourth-order valence-electron chi connectivity index (χ4n) is 1.28. The first kappa shape index (κ1) is 17.4. The van der Waals surface area contributed by atoms with E-state index in [-0.39, 0.29) is 36.7 Å². The first-order valence-electron chi connectivity index (χ1n) is 5.72. The summed E-state index contributed by atoms with van der Waals surface area (Å²) in [6.45, 7) is 3.59. The van der Waals surface area contributed by atoms with Gasteiger partial charge in [-0.15, -0.1) is 12.4 Å². The smallest absolute Gasteiger partial charge is 0.243 e. The molecule has 0 fully saturated rings. The average molecular weight is 290 g/mol. The number of halogens is 1. The van der Waals surface area contributed by atoms with E-state index in [2.05, 4.69) is 15.7 Å². The maximum atomic E-state index is 11.5. The summed E-state index contributed by atoms with van der Waals surface area (Å²) in [6, 6.07) is -0.601. The zero-order chi connectivity index (χ0) is 13.7. The normalized spacial score (nSPS) is 11.6. The first-order valence-corrected chi connectivity index (χ1v) is 5.72. The number of aromatic nitrogens is 2. The van der Waals surface area contributed by atoms with Gasteiger partial charge in [0.25, 0.3) is 0 Å². The van der Waals surface area contributed by atoms with Crippen molar-refractivity contribution in [3.63, 3.8) is 0 Å². The Kier molecular flexibility index (Phi) is 7.10. The van der Waals surface area contributed by atoms with Crippen LogP contribution in [-0.2, 0) is 16.6 Å². The summed E-state index contributed by atoms with van der Waals surface area (Å²) in [5, 5.41) is 9.01. The van der Waals surface area contributed by atoms with Crippen molar-refractivity contribution in [3.8, 4) is 0 Å². The molecule has 4 N–H and O–H groups in total. The monoisotopic (exact) mass is 289 g/mol. The van der Waals surface area contributed by atoms with Crippen LogP contribution in [0.5, 0.6) is 0 Å². The Morgan fingerprint density at radius 1 is 1.47 bits per heavy atom. The van der Waals surface area contributed by atoms with Crippen molar-refractivity contribution in [3.05, 3.63) is 12.4 Å². The summed E-state index contributed by atoms with van der Waals surface area (Å²) >= 11 is 0. The lowest BCUT2D eigenvalue weighted by atomic mass is 10.1. The molecule has 0 radical (unpaired) electrons. The lowest BCUT2D eigenvalue weighted by molar-refractivity contribution is -0.125. The number of carbonyl (C=O) groups excluding carboxylic acids is 2. The highest BCUT2D eigenvalue weighted by Crippen LogP contribution is 2.02. The highest BCUT2D eigenvalue weighted by Gasteiger charge is 2.17. The maximum absolute atomic E-state index is 11.5. The van der Waals surface area contributed by atoms with Crippen LogP contribution in [0.4, 0.5) is 5.69 Å². The van der Waals surface area contributed by atoms with Crippen LogP contribution in [0.2, 0.25) is 0 Å². The number of aryl methyl sites for hydroxylation is 1. The van der Waals surface area contributed by atoms with Crippen molar-refractivity contribution in [1.29, 1.82) is 0 Å². The fraction of sp³-hybridized carbons (Fsp3) is 0.545. The molecule has 0 aliphatic heterocycles. The van der Waals surface area contributed by atoms with Gasteiger partial charge in [0.15, 0.2) is 0 Å². The highest BCUT2D eigenvalue weighted by molar-refractivity contribution is 5.95. The standard InChI is InChI=1S/C11H19N5O2.ClH/c1-7(2)10(12)11(18)13-5-9(17)15-8-4-14-16(3)6-8;/h4,6-7,10H,5,12H2,1-3H3,(H,13,18)(H,15,17);1H/t10-;/m0./s1.